The van der Waals surface area contributed by atoms with Crippen LogP contribution in [0.3, 0.4) is 0 Å². The van der Waals surface area contributed by atoms with Crippen LogP contribution in [0.5, 0.6) is 0 Å². The topological polar surface area (TPSA) is 116 Å². The molecule has 0 aromatic heterocycles. The minimum Gasteiger partial charge on any atom is -0.378 e. The second-order valence-electron chi connectivity index (χ2n) is 10.2. The monoisotopic (exact) mass is 576 g/mol. The second kappa shape index (κ2) is 11.9. The number of hydrogen-bond acceptors (Lipinski definition) is 7. The van der Waals surface area contributed by atoms with E-state index in [0.29, 0.717) is 63.9 Å². The Labute approximate surface area is 231 Å². The molecule has 5 rings (SSSR count). The van der Waals surface area contributed by atoms with Crippen molar-refractivity contribution in [2.75, 3.05) is 62.7 Å². The second-order valence-corrected chi connectivity index (χ2v) is 14.1. The number of ether oxygens (including phenoxy) is 1. The van der Waals surface area contributed by atoms with Crippen molar-refractivity contribution in [3.63, 3.8) is 0 Å². The van der Waals surface area contributed by atoms with Gasteiger partial charge in [-0.2, -0.15) is 8.61 Å². The lowest BCUT2D eigenvalue weighted by molar-refractivity contribution is 0.102. The highest BCUT2D eigenvalue weighted by molar-refractivity contribution is 7.89. The number of carbonyl (C=O) groups is 1. The lowest BCUT2D eigenvalue weighted by Gasteiger charge is -2.31. The van der Waals surface area contributed by atoms with Gasteiger partial charge in [0.05, 0.1) is 28.6 Å². The number of amides is 1. The van der Waals surface area contributed by atoms with Crippen LogP contribution in [0.2, 0.25) is 0 Å². The average Bonchev–Trinajstić information content (AvgIpc) is 2.98. The molecule has 3 saturated heterocycles. The molecule has 0 aliphatic carbocycles. The van der Waals surface area contributed by atoms with Crippen LogP contribution < -0.4 is 10.2 Å². The van der Waals surface area contributed by atoms with Crippen LogP contribution in [0, 0.1) is 0 Å². The molecule has 10 nitrogen and oxygen atoms in total. The zero-order chi connectivity index (χ0) is 27.5. The molecule has 0 saturated carbocycles. The minimum absolute atomic E-state index is 0.0768. The molecule has 1 N–H and O–H groups in total. The first-order valence-electron chi connectivity index (χ1n) is 13.7. The van der Waals surface area contributed by atoms with E-state index in [4.69, 9.17) is 4.74 Å². The van der Waals surface area contributed by atoms with Gasteiger partial charge in [-0.1, -0.05) is 18.9 Å². The molecule has 0 unspecified atom stereocenters. The average molecular weight is 577 g/mol. The van der Waals surface area contributed by atoms with Crippen molar-refractivity contribution in [1.29, 1.82) is 0 Å². The third-order valence-corrected chi connectivity index (χ3v) is 11.4. The summed E-state index contributed by atoms with van der Waals surface area (Å²) in [6.07, 6.45) is 5.31. The summed E-state index contributed by atoms with van der Waals surface area (Å²) in [4.78, 5) is 15.9. The van der Waals surface area contributed by atoms with E-state index in [9.17, 15) is 21.6 Å². The Hall–Kier alpha value is -2.51. The molecular formula is C27H36N4O6S2. The van der Waals surface area contributed by atoms with Gasteiger partial charge in [-0.3, -0.25) is 4.79 Å². The van der Waals surface area contributed by atoms with Crippen molar-refractivity contribution in [2.45, 2.75) is 48.3 Å². The van der Waals surface area contributed by atoms with Gasteiger partial charge in [0.25, 0.3) is 5.91 Å². The van der Waals surface area contributed by atoms with Crippen molar-refractivity contribution in [1.82, 2.24) is 8.61 Å². The number of benzene rings is 2. The Morgan fingerprint density at radius 2 is 1.26 bits per heavy atom. The van der Waals surface area contributed by atoms with Crippen LogP contribution in [0.4, 0.5) is 11.4 Å². The fraction of sp³-hybridized carbons (Fsp3) is 0.519. The van der Waals surface area contributed by atoms with E-state index in [1.54, 1.807) is 24.3 Å². The van der Waals surface area contributed by atoms with E-state index in [1.807, 2.05) is 4.90 Å². The number of sulfonamides is 2. The summed E-state index contributed by atoms with van der Waals surface area (Å²) < 4.78 is 61.6. The maximum Gasteiger partial charge on any atom is 0.257 e. The first-order valence-corrected chi connectivity index (χ1v) is 16.5. The number of piperidine rings is 2. The summed E-state index contributed by atoms with van der Waals surface area (Å²) in [5, 5.41) is 2.82. The Balaban J connectivity index is 1.45. The molecule has 12 heteroatoms. The van der Waals surface area contributed by atoms with Crippen molar-refractivity contribution in [2.24, 2.45) is 0 Å². The Kier molecular flexibility index (Phi) is 8.57. The van der Waals surface area contributed by atoms with E-state index in [-0.39, 0.29) is 15.4 Å². The fourth-order valence-electron chi connectivity index (χ4n) is 5.38. The summed E-state index contributed by atoms with van der Waals surface area (Å²) in [7, 11) is -7.43. The molecular weight excluding hydrogens is 540 g/mol. The smallest absolute Gasteiger partial charge is 0.257 e. The molecule has 0 spiro atoms. The number of nitrogens with zero attached hydrogens (tertiary/aromatic N) is 3. The fourth-order valence-corrected chi connectivity index (χ4v) is 8.49. The van der Waals surface area contributed by atoms with Gasteiger partial charge in [0.1, 0.15) is 0 Å². The standard InChI is InChI=1S/C27H36N4O6S2/c32-27(28-22-8-7-9-23(20-22)38(33,34)30-12-3-1-4-13-30)25-21-24(39(35,36)31-14-5-2-6-15-31)10-11-26(25)29-16-18-37-19-17-29/h7-11,20-21H,1-6,12-19H2,(H,28,32). The van der Waals surface area contributed by atoms with Crippen LogP contribution in [0.1, 0.15) is 48.9 Å². The van der Waals surface area contributed by atoms with Gasteiger partial charge in [0.2, 0.25) is 20.0 Å². The van der Waals surface area contributed by atoms with Crippen molar-refractivity contribution >= 4 is 37.3 Å². The zero-order valence-corrected chi connectivity index (χ0v) is 23.7. The molecule has 2 aromatic rings. The molecule has 0 radical (unpaired) electrons. The van der Waals surface area contributed by atoms with Gasteiger partial charge in [-0.05, 0) is 62.1 Å². The van der Waals surface area contributed by atoms with E-state index in [1.165, 1.54) is 26.8 Å². The summed E-state index contributed by atoms with van der Waals surface area (Å²) >= 11 is 0. The predicted molar refractivity (Wildman–Crippen MR) is 149 cm³/mol. The maximum atomic E-state index is 13.7. The zero-order valence-electron chi connectivity index (χ0n) is 22.0. The summed E-state index contributed by atoms with van der Waals surface area (Å²) in [6, 6.07) is 10.9. The summed E-state index contributed by atoms with van der Waals surface area (Å²) in [6.45, 7) is 4.06. The van der Waals surface area contributed by atoms with Crippen LogP contribution in [-0.2, 0) is 24.8 Å². The van der Waals surface area contributed by atoms with Crippen molar-refractivity contribution in [3.05, 3.63) is 48.0 Å². The van der Waals surface area contributed by atoms with Crippen LogP contribution >= 0.6 is 0 Å². The van der Waals surface area contributed by atoms with E-state index < -0.39 is 26.0 Å². The summed E-state index contributed by atoms with van der Waals surface area (Å²) in [5.74, 6) is -0.500. The molecule has 3 aliphatic heterocycles. The van der Waals surface area contributed by atoms with Gasteiger partial charge in [0.15, 0.2) is 0 Å². The van der Waals surface area contributed by atoms with Crippen molar-refractivity contribution in [3.8, 4) is 0 Å². The predicted octanol–water partition coefficient (Wildman–Crippen LogP) is 3.12. The minimum atomic E-state index is -3.75. The van der Waals surface area contributed by atoms with Crippen LogP contribution in [-0.4, -0.2) is 83.8 Å². The molecule has 2 aromatic carbocycles. The van der Waals surface area contributed by atoms with Crippen LogP contribution in [0.15, 0.2) is 52.3 Å². The number of anilines is 2. The van der Waals surface area contributed by atoms with E-state index in [0.717, 1.165) is 38.5 Å². The maximum absolute atomic E-state index is 13.7. The molecule has 212 valence electrons. The molecule has 3 heterocycles. The number of morpholine rings is 1. The highest BCUT2D eigenvalue weighted by Crippen LogP contribution is 2.29. The number of nitrogens with one attached hydrogen (secondary N) is 1. The normalized spacial score (nSPS) is 20.1. The quantitative estimate of drug-likeness (QED) is 0.538. The molecule has 3 fully saturated rings. The number of carbonyl (C=O) groups excluding carboxylic acids is 1. The highest BCUT2D eigenvalue weighted by Gasteiger charge is 2.29. The van der Waals surface area contributed by atoms with Gasteiger partial charge in [-0.25, -0.2) is 16.8 Å². The van der Waals surface area contributed by atoms with Gasteiger partial charge in [-0.15, -0.1) is 0 Å². The molecule has 3 aliphatic rings. The van der Waals surface area contributed by atoms with Crippen molar-refractivity contribution < 1.29 is 26.4 Å². The first-order chi connectivity index (χ1) is 18.8. The Morgan fingerprint density at radius 3 is 1.85 bits per heavy atom. The number of hydrogen-bond donors (Lipinski definition) is 1. The molecule has 39 heavy (non-hydrogen) atoms. The molecule has 1 amide bonds. The van der Waals surface area contributed by atoms with Gasteiger partial charge >= 0.3 is 0 Å². The van der Waals surface area contributed by atoms with Gasteiger partial charge in [0, 0.05) is 50.6 Å². The Morgan fingerprint density at radius 1 is 0.692 bits per heavy atom. The molecule has 0 atom stereocenters. The number of rotatable bonds is 7. The first kappa shape index (κ1) is 28.0. The van der Waals surface area contributed by atoms with Crippen LogP contribution in [0.25, 0.3) is 0 Å². The highest BCUT2D eigenvalue weighted by atomic mass is 32.2. The summed E-state index contributed by atoms with van der Waals surface area (Å²) in [5.41, 5.74) is 1.17. The third-order valence-electron chi connectivity index (χ3n) is 7.56. The van der Waals surface area contributed by atoms with Gasteiger partial charge < -0.3 is 15.0 Å². The third kappa shape index (κ3) is 6.14. The lowest BCUT2D eigenvalue weighted by atomic mass is 10.1. The lowest BCUT2D eigenvalue weighted by Crippen LogP contribution is -2.38. The largest absolute Gasteiger partial charge is 0.378 e. The van der Waals surface area contributed by atoms with E-state index >= 15 is 0 Å². The van der Waals surface area contributed by atoms with E-state index in [2.05, 4.69) is 5.32 Å². The SMILES string of the molecule is O=C(Nc1cccc(S(=O)(=O)N2CCCCC2)c1)c1cc(S(=O)(=O)N2CCCCC2)ccc1N1CCOCC1. The Bertz CT molecular complexity index is 1400. The molecule has 0 bridgehead atoms.